The van der Waals surface area contributed by atoms with Crippen LogP contribution in [0.25, 0.3) is 0 Å². The van der Waals surface area contributed by atoms with Crippen LogP contribution in [0.1, 0.15) is 22.9 Å². The molecule has 7 heteroatoms. The lowest BCUT2D eigenvalue weighted by atomic mass is 10.00. The van der Waals surface area contributed by atoms with Gasteiger partial charge in [0.05, 0.1) is 17.3 Å². The van der Waals surface area contributed by atoms with Gasteiger partial charge in [-0.15, -0.1) is 12.4 Å². The van der Waals surface area contributed by atoms with Crippen LogP contribution in [0.3, 0.4) is 0 Å². The molecule has 0 saturated heterocycles. The molecular formula is C13H11ClF3IN2. The fourth-order valence-electron chi connectivity index (χ4n) is 1.73. The van der Waals surface area contributed by atoms with Gasteiger partial charge in [0.2, 0.25) is 0 Å². The Morgan fingerprint density at radius 3 is 2.25 bits per heavy atom. The summed E-state index contributed by atoms with van der Waals surface area (Å²) in [5.74, 6) is 0. The molecule has 0 aliphatic rings. The largest absolute Gasteiger partial charge is 0.418 e. The fraction of sp³-hybridized carbons (Fsp3) is 0.154. The molecule has 0 aliphatic heterocycles. The van der Waals surface area contributed by atoms with E-state index in [0.29, 0.717) is 5.56 Å². The van der Waals surface area contributed by atoms with E-state index in [9.17, 15) is 13.2 Å². The molecule has 1 unspecified atom stereocenters. The number of nitrogens with two attached hydrogens (primary N) is 1. The van der Waals surface area contributed by atoms with Gasteiger partial charge in [-0.1, -0.05) is 12.1 Å². The maximum absolute atomic E-state index is 12.9. The summed E-state index contributed by atoms with van der Waals surface area (Å²) in [6.07, 6.45) is -3.14. The molecule has 20 heavy (non-hydrogen) atoms. The number of hydrogen-bond acceptors (Lipinski definition) is 2. The van der Waals surface area contributed by atoms with Crippen LogP contribution >= 0.6 is 35.0 Å². The first-order valence-corrected chi connectivity index (χ1v) is 6.50. The Morgan fingerprint density at radius 2 is 1.70 bits per heavy atom. The maximum atomic E-state index is 12.9. The van der Waals surface area contributed by atoms with Crippen LogP contribution in [0.2, 0.25) is 0 Å². The van der Waals surface area contributed by atoms with Crippen molar-refractivity contribution in [2.24, 2.45) is 5.73 Å². The fourth-order valence-corrected chi connectivity index (χ4v) is 2.09. The molecule has 108 valence electrons. The van der Waals surface area contributed by atoms with Crippen LogP contribution in [0, 0.1) is 3.57 Å². The first-order chi connectivity index (χ1) is 8.89. The summed E-state index contributed by atoms with van der Waals surface area (Å²) >= 11 is 2.12. The van der Waals surface area contributed by atoms with Gasteiger partial charge in [-0.05, 0) is 52.4 Å². The van der Waals surface area contributed by atoms with Gasteiger partial charge >= 0.3 is 6.18 Å². The summed E-state index contributed by atoms with van der Waals surface area (Å²) in [4.78, 5) is 3.80. The van der Waals surface area contributed by atoms with Gasteiger partial charge in [-0.25, -0.2) is 0 Å². The lowest BCUT2D eigenvalue weighted by Crippen LogP contribution is -2.20. The summed E-state index contributed by atoms with van der Waals surface area (Å²) < 4.78 is 39.7. The van der Waals surface area contributed by atoms with Crippen molar-refractivity contribution in [1.29, 1.82) is 0 Å². The van der Waals surface area contributed by atoms with Crippen molar-refractivity contribution in [2.45, 2.75) is 12.2 Å². The molecule has 0 bridgehead atoms. The van der Waals surface area contributed by atoms with Crippen molar-refractivity contribution in [3.05, 3.63) is 63.0 Å². The number of pyridine rings is 1. The summed E-state index contributed by atoms with van der Waals surface area (Å²) in [5.41, 5.74) is 5.55. The standard InChI is InChI=1S/C13H10F3IN2.ClH/c14-13(15,16)10-2-1-7-19-12(10)11(18)8-3-5-9(17)6-4-8;/h1-7,11H,18H2;1H. The molecule has 0 radical (unpaired) electrons. The zero-order valence-electron chi connectivity index (χ0n) is 10.1. The smallest absolute Gasteiger partial charge is 0.319 e. The molecular weight excluding hydrogens is 404 g/mol. The van der Waals surface area contributed by atoms with Gasteiger partial charge in [0.25, 0.3) is 0 Å². The predicted molar refractivity (Wildman–Crippen MR) is 81.7 cm³/mol. The second kappa shape index (κ2) is 6.73. The molecule has 0 spiro atoms. The summed E-state index contributed by atoms with van der Waals surface area (Å²) in [6.45, 7) is 0. The van der Waals surface area contributed by atoms with Crippen molar-refractivity contribution < 1.29 is 13.2 Å². The van der Waals surface area contributed by atoms with Crippen molar-refractivity contribution in [3.8, 4) is 0 Å². The van der Waals surface area contributed by atoms with Crippen LogP contribution in [0.4, 0.5) is 13.2 Å². The van der Waals surface area contributed by atoms with Crippen molar-refractivity contribution >= 4 is 35.0 Å². The van der Waals surface area contributed by atoms with E-state index in [1.165, 1.54) is 12.3 Å². The van der Waals surface area contributed by atoms with E-state index in [4.69, 9.17) is 5.73 Å². The van der Waals surface area contributed by atoms with E-state index in [1.54, 1.807) is 24.3 Å². The van der Waals surface area contributed by atoms with Gasteiger partial charge in [0, 0.05) is 9.77 Å². The van der Waals surface area contributed by atoms with Crippen LogP contribution in [0.5, 0.6) is 0 Å². The van der Waals surface area contributed by atoms with Gasteiger partial charge in [-0.2, -0.15) is 13.2 Å². The average molecular weight is 415 g/mol. The highest BCUT2D eigenvalue weighted by molar-refractivity contribution is 14.1. The zero-order chi connectivity index (χ0) is 14.0. The van der Waals surface area contributed by atoms with Gasteiger partial charge in [0.1, 0.15) is 0 Å². The third-order valence-corrected chi connectivity index (χ3v) is 3.39. The molecule has 1 atom stereocenters. The molecule has 1 aromatic carbocycles. The van der Waals surface area contributed by atoms with Crippen molar-refractivity contribution in [2.75, 3.05) is 0 Å². The van der Waals surface area contributed by atoms with Crippen LogP contribution < -0.4 is 5.73 Å². The summed E-state index contributed by atoms with van der Waals surface area (Å²) in [5, 5.41) is 0. The highest BCUT2D eigenvalue weighted by Gasteiger charge is 2.35. The molecule has 0 amide bonds. The monoisotopic (exact) mass is 414 g/mol. The first-order valence-electron chi connectivity index (χ1n) is 5.43. The molecule has 1 aromatic heterocycles. The third kappa shape index (κ3) is 3.83. The third-order valence-electron chi connectivity index (χ3n) is 2.67. The lowest BCUT2D eigenvalue weighted by Gasteiger charge is -2.17. The van der Waals surface area contributed by atoms with E-state index in [-0.39, 0.29) is 18.1 Å². The summed E-state index contributed by atoms with van der Waals surface area (Å²) in [7, 11) is 0. The Bertz CT molecular complexity index is 573. The van der Waals surface area contributed by atoms with Gasteiger partial charge in [0.15, 0.2) is 0 Å². The Morgan fingerprint density at radius 1 is 1.10 bits per heavy atom. The minimum absolute atomic E-state index is 0. The average Bonchev–Trinajstić information content (AvgIpc) is 2.38. The minimum atomic E-state index is -4.45. The van der Waals surface area contributed by atoms with Gasteiger partial charge in [-0.3, -0.25) is 4.98 Å². The van der Waals surface area contributed by atoms with Crippen LogP contribution in [-0.4, -0.2) is 4.98 Å². The molecule has 2 N–H and O–H groups in total. The van der Waals surface area contributed by atoms with E-state index in [2.05, 4.69) is 27.6 Å². The lowest BCUT2D eigenvalue weighted by molar-refractivity contribution is -0.138. The molecule has 0 saturated carbocycles. The number of halogens is 5. The number of nitrogens with zero attached hydrogens (tertiary/aromatic N) is 1. The Kier molecular flexibility index (Phi) is 5.79. The van der Waals surface area contributed by atoms with Crippen LogP contribution in [-0.2, 0) is 6.18 Å². The van der Waals surface area contributed by atoms with Gasteiger partial charge < -0.3 is 5.73 Å². The highest BCUT2D eigenvalue weighted by Crippen LogP contribution is 2.34. The van der Waals surface area contributed by atoms with Crippen molar-refractivity contribution in [3.63, 3.8) is 0 Å². The number of rotatable bonds is 2. The topological polar surface area (TPSA) is 38.9 Å². The molecule has 0 fully saturated rings. The Balaban J connectivity index is 0.00000200. The van der Waals surface area contributed by atoms with E-state index in [1.807, 2.05) is 0 Å². The van der Waals surface area contributed by atoms with E-state index in [0.717, 1.165) is 9.64 Å². The second-order valence-electron chi connectivity index (χ2n) is 3.96. The molecule has 2 rings (SSSR count). The highest BCUT2D eigenvalue weighted by atomic mass is 127. The Hall–Kier alpha value is -0.860. The first kappa shape index (κ1) is 17.2. The maximum Gasteiger partial charge on any atom is 0.418 e. The molecule has 1 heterocycles. The minimum Gasteiger partial charge on any atom is -0.319 e. The normalized spacial score (nSPS) is 12.7. The van der Waals surface area contributed by atoms with Crippen molar-refractivity contribution in [1.82, 2.24) is 4.98 Å². The number of aromatic nitrogens is 1. The number of benzene rings is 1. The molecule has 0 aliphatic carbocycles. The van der Waals surface area contributed by atoms with Crippen LogP contribution in [0.15, 0.2) is 42.6 Å². The number of alkyl halides is 3. The predicted octanol–water partition coefficient (Wildman–Crippen LogP) is 4.17. The molecule has 2 aromatic rings. The van der Waals surface area contributed by atoms with E-state index >= 15 is 0 Å². The van der Waals surface area contributed by atoms with E-state index < -0.39 is 17.8 Å². The quantitative estimate of drug-likeness (QED) is 0.749. The Labute approximate surface area is 134 Å². The molecule has 2 nitrogen and oxygen atoms in total. The SMILES string of the molecule is Cl.NC(c1ccc(I)cc1)c1ncccc1C(F)(F)F. The number of hydrogen-bond donors (Lipinski definition) is 1. The zero-order valence-corrected chi connectivity index (χ0v) is 13.0. The summed E-state index contributed by atoms with van der Waals surface area (Å²) in [6, 6.07) is 8.37. The second-order valence-corrected chi connectivity index (χ2v) is 5.21.